The van der Waals surface area contributed by atoms with E-state index in [9.17, 15) is 10.1 Å². The highest BCUT2D eigenvalue weighted by Crippen LogP contribution is 2.24. The first-order chi connectivity index (χ1) is 16.5. The van der Waals surface area contributed by atoms with Crippen LogP contribution in [-0.2, 0) is 12.8 Å². The predicted molar refractivity (Wildman–Crippen MR) is 141 cm³/mol. The van der Waals surface area contributed by atoms with Crippen LogP contribution in [0.1, 0.15) is 48.0 Å². The van der Waals surface area contributed by atoms with E-state index in [1.165, 1.54) is 0 Å². The molecule has 0 spiro atoms. The first-order valence-electron chi connectivity index (χ1n) is 11.8. The summed E-state index contributed by atoms with van der Waals surface area (Å²) < 4.78 is 1.73. The van der Waals surface area contributed by atoms with Crippen LogP contribution in [0.4, 0.5) is 0 Å². The van der Waals surface area contributed by atoms with E-state index in [4.69, 9.17) is 4.98 Å². The molecule has 1 aromatic heterocycles. The average Bonchev–Trinajstić information content (AvgIpc) is 2.85. The molecule has 3 aromatic carbocycles. The molecule has 0 saturated heterocycles. The molecule has 4 rings (SSSR count). The minimum Gasteiger partial charge on any atom is -0.269 e. The highest BCUT2D eigenvalue weighted by molar-refractivity contribution is 6.32. The van der Waals surface area contributed by atoms with Gasteiger partial charge in [0.25, 0.3) is 5.56 Å². The zero-order valence-electron chi connectivity index (χ0n) is 20.0. The van der Waals surface area contributed by atoms with Gasteiger partial charge in [-0.05, 0) is 54.7 Å². The maximum absolute atomic E-state index is 13.7. The summed E-state index contributed by atoms with van der Waals surface area (Å²) in [5, 5.41) is 9.43. The van der Waals surface area contributed by atoms with Crippen molar-refractivity contribution >= 4 is 13.3 Å². The van der Waals surface area contributed by atoms with Crippen molar-refractivity contribution in [3.05, 3.63) is 111 Å². The molecule has 0 aliphatic carbocycles. The Balaban J connectivity index is 1.75. The van der Waals surface area contributed by atoms with E-state index in [0.717, 1.165) is 58.4 Å². The molecule has 4 nitrogen and oxygen atoms in total. The molecule has 168 valence electrons. The Morgan fingerprint density at radius 3 is 2.50 bits per heavy atom. The van der Waals surface area contributed by atoms with Crippen LogP contribution in [0, 0.1) is 18.3 Å². The molecule has 5 heteroatoms. The molecule has 0 amide bonds. The van der Waals surface area contributed by atoms with Crippen LogP contribution in [0.5, 0.6) is 0 Å². The number of aromatic nitrogens is 2. The highest BCUT2D eigenvalue weighted by Gasteiger charge is 2.16. The average molecular weight is 445 g/mol. The van der Waals surface area contributed by atoms with E-state index < -0.39 is 0 Å². The molecule has 4 aromatic rings. The SMILES string of the molecule is Bc1cccc(-n2c(C)nc(CCCC)c(Cc3ccc(-c4ccccc4C#N)cc3)c2=O)c1. The molecule has 0 aliphatic heterocycles. The standard InChI is InChI=1S/C29H28BN3O/c1-3-4-12-28-27(29(34)33(20(2)32-28)25-10-7-9-24(30)18-25)17-21-13-15-22(16-14-21)26-11-6-5-8-23(26)19-31/h5-11,13-16,18H,3-4,12,17,30H2,1-2H3. The smallest absolute Gasteiger partial charge is 0.261 e. The summed E-state index contributed by atoms with van der Waals surface area (Å²) in [4.78, 5) is 18.6. The Kier molecular flexibility index (Phi) is 7.08. The van der Waals surface area contributed by atoms with Gasteiger partial charge in [-0.3, -0.25) is 9.36 Å². The molecule has 0 N–H and O–H groups in total. The Labute approximate surface area is 202 Å². The third-order valence-electron chi connectivity index (χ3n) is 6.15. The van der Waals surface area contributed by atoms with Crippen molar-refractivity contribution in [2.24, 2.45) is 0 Å². The van der Waals surface area contributed by atoms with Gasteiger partial charge in [-0.2, -0.15) is 5.26 Å². The Morgan fingerprint density at radius 2 is 1.79 bits per heavy atom. The lowest BCUT2D eigenvalue weighted by atomic mass is 9.95. The molecule has 0 atom stereocenters. The molecular formula is C29H28BN3O. The second-order valence-electron chi connectivity index (χ2n) is 8.70. The van der Waals surface area contributed by atoms with Crippen LogP contribution in [0.25, 0.3) is 16.8 Å². The largest absolute Gasteiger partial charge is 0.269 e. The van der Waals surface area contributed by atoms with Gasteiger partial charge >= 0.3 is 0 Å². The third-order valence-corrected chi connectivity index (χ3v) is 6.15. The lowest BCUT2D eigenvalue weighted by molar-refractivity contribution is 0.734. The number of hydrogen-bond acceptors (Lipinski definition) is 3. The first kappa shape index (κ1) is 23.3. The fourth-order valence-electron chi connectivity index (χ4n) is 4.36. The second kappa shape index (κ2) is 10.4. The van der Waals surface area contributed by atoms with Gasteiger partial charge in [-0.15, -0.1) is 0 Å². The first-order valence-corrected chi connectivity index (χ1v) is 11.8. The molecule has 0 bridgehead atoms. The van der Waals surface area contributed by atoms with Gasteiger partial charge in [0.05, 0.1) is 17.3 Å². The molecule has 34 heavy (non-hydrogen) atoms. The third kappa shape index (κ3) is 4.87. The van der Waals surface area contributed by atoms with Gasteiger partial charge in [0, 0.05) is 17.7 Å². The Hall–Kier alpha value is -3.91. The summed E-state index contributed by atoms with van der Waals surface area (Å²) in [7, 11) is 2.03. The van der Waals surface area contributed by atoms with Crippen molar-refractivity contribution in [2.45, 2.75) is 39.5 Å². The van der Waals surface area contributed by atoms with Crippen LogP contribution < -0.4 is 11.0 Å². The second-order valence-corrected chi connectivity index (χ2v) is 8.70. The Morgan fingerprint density at radius 1 is 1.03 bits per heavy atom. The minimum atomic E-state index is 0.00288. The minimum absolute atomic E-state index is 0.00288. The van der Waals surface area contributed by atoms with Crippen LogP contribution in [0.15, 0.2) is 77.6 Å². The number of benzene rings is 3. The lowest BCUT2D eigenvalue weighted by Crippen LogP contribution is -2.29. The van der Waals surface area contributed by atoms with E-state index >= 15 is 0 Å². The van der Waals surface area contributed by atoms with Crippen molar-refractivity contribution in [3.8, 4) is 22.9 Å². The van der Waals surface area contributed by atoms with Crippen molar-refractivity contribution in [2.75, 3.05) is 0 Å². The fraction of sp³-hybridized carbons (Fsp3) is 0.207. The maximum Gasteiger partial charge on any atom is 0.261 e. The Bertz CT molecular complexity index is 1410. The molecular weight excluding hydrogens is 417 g/mol. The van der Waals surface area contributed by atoms with Gasteiger partial charge < -0.3 is 0 Å². The van der Waals surface area contributed by atoms with Crippen molar-refractivity contribution in [1.82, 2.24) is 9.55 Å². The number of aryl methyl sites for hydroxylation is 2. The van der Waals surface area contributed by atoms with E-state index in [0.29, 0.717) is 17.8 Å². The topological polar surface area (TPSA) is 58.7 Å². The molecule has 0 aliphatic rings. The molecule has 0 unspecified atom stereocenters. The zero-order valence-corrected chi connectivity index (χ0v) is 20.0. The molecule has 0 fully saturated rings. The van der Waals surface area contributed by atoms with Gasteiger partial charge in [0.2, 0.25) is 0 Å². The monoisotopic (exact) mass is 445 g/mol. The van der Waals surface area contributed by atoms with Gasteiger partial charge in [-0.25, -0.2) is 4.98 Å². The summed E-state index contributed by atoms with van der Waals surface area (Å²) in [6.07, 6.45) is 3.37. The van der Waals surface area contributed by atoms with E-state index in [2.05, 4.69) is 13.0 Å². The van der Waals surface area contributed by atoms with Crippen LogP contribution in [-0.4, -0.2) is 17.4 Å². The van der Waals surface area contributed by atoms with Crippen molar-refractivity contribution in [3.63, 3.8) is 0 Å². The normalized spacial score (nSPS) is 10.7. The number of nitrogens with zero attached hydrogens (tertiary/aromatic N) is 3. The molecule has 0 radical (unpaired) electrons. The summed E-state index contributed by atoms with van der Waals surface area (Å²) in [6, 6.07) is 26.0. The quantitative estimate of drug-likeness (QED) is 0.399. The predicted octanol–water partition coefficient (Wildman–Crippen LogP) is 4.27. The number of nitriles is 1. The number of hydrogen-bond donors (Lipinski definition) is 0. The van der Waals surface area contributed by atoms with E-state index in [1.807, 2.05) is 87.6 Å². The molecule has 1 heterocycles. The van der Waals surface area contributed by atoms with Crippen molar-refractivity contribution in [1.29, 1.82) is 5.26 Å². The van der Waals surface area contributed by atoms with Crippen LogP contribution >= 0.6 is 0 Å². The molecule has 0 saturated carbocycles. The summed E-state index contributed by atoms with van der Waals surface area (Å²) in [5.74, 6) is 0.717. The zero-order chi connectivity index (χ0) is 24.1. The van der Waals surface area contributed by atoms with Crippen LogP contribution in [0.3, 0.4) is 0 Å². The number of rotatable bonds is 7. The van der Waals surface area contributed by atoms with Gasteiger partial charge in [0.15, 0.2) is 0 Å². The summed E-state index contributed by atoms with van der Waals surface area (Å²) in [5.41, 5.74) is 7.22. The van der Waals surface area contributed by atoms with E-state index in [1.54, 1.807) is 4.57 Å². The number of unbranched alkanes of at least 4 members (excludes halogenated alkanes) is 1. The summed E-state index contributed by atoms with van der Waals surface area (Å²) in [6.45, 7) is 4.06. The maximum atomic E-state index is 13.7. The van der Waals surface area contributed by atoms with Gasteiger partial charge in [0.1, 0.15) is 13.7 Å². The lowest BCUT2D eigenvalue weighted by Gasteiger charge is -2.16. The summed E-state index contributed by atoms with van der Waals surface area (Å²) >= 11 is 0. The van der Waals surface area contributed by atoms with Crippen molar-refractivity contribution < 1.29 is 0 Å². The highest BCUT2D eigenvalue weighted by atomic mass is 16.1. The van der Waals surface area contributed by atoms with E-state index in [-0.39, 0.29) is 5.56 Å². The fourth-order valence-corrected chi connectivity index (χ4v) is 4.36. The van der Waals surface area contributed by atoms with Crippen LogP contribution in [0.2, 0.25) is 0 Å². The van der Waals surface area contributed by atoms with Gasteiger partial charge in [-0.1, -0.05) is 73.4 Å².